The van der Waals surface area contributed by atoms with Gasteiger partial charge in [-0.25, -0.2) is 4.98 Å². The Hall–Kier alpha value is -2.25. The molecule has 7 heteroatoms. The van der Waals surface area contributed by atoms with Gasteiger partial charge >= 0.3 is 0 Å². The number of aliphatic hydroxyl groups is 1. The van der Waals surface area contributed by atoms with Crippen molar-refractivity contribution in [2.24, 2.45) is 5.41 Å². The molecule has 1 aromatic heterocycles. The molecule has 6 nitrogen and oxygen atoms in total. The number of aryl methyl sites for hydroxylation is 1. The number of aliphatic hydroxyl groups excluding tert-OH is 1. The van der Waals surface area contributed by atoms with E-state index in [0.29, 0.717) is 6.42 Å². The van der Waals surface area contributed by atoms with Crippen LogP contribution in [-0.2, 0) is 9.59 Å². The lowest BCUT2D eigenvalue weighted by molar-refractivity contribution is -0.140. The normalized spacial score (nSPS) is 20.3. The summed E-state index contributed by atoms with van der Waals surface area (Å²) >= 11 is 1.61. The molecule has 2 aromatic rings. The van der Waals surface area contributed by atoms with Gasteiger partial charge < -0.3 is 15.3 Å². The molecule has 0 bridgehead atoms. The largest absolute Gasteiger partial charge is 0.391 e. The number of thiazole rings is 1. The number of aromatic nitrogens is 1. The van der Waals surface area contributed by atoms with Crippen LogP contribution in [-0.4, -0.2) is 45.5 Å². The maximum atomic E-state index is 12.9. The number of nitrogens with one attached hydrogen (secondary N) is 1. The molecule has 0 radical (unpaired) electrons. The van der Waals surface area contributed by atoms with Gasteiger partial charge in [0.25, 0.3) is 0 Å². The Kier molecular flexibility index (Phi) is 6.62. The molecule has 3 rings (SSSR count). The topological polar surface area (TPSA) is 82.5 Å². The lowest BCUT2D eigenvalue weighted by Gasteiger charge is -2.28. The molecule has 3 atom stereocenters. The maximum Gasteiger partial charge on any atom is 0.243 e. The molecule has 2 amide bonds. The van der Waals surface area contributed by atoms with E-state index in [0.717, 1.165) is 21.7 Å². The highest BCUT2D eigenvalue weighted by molar-refractivity contribution is 7.13. The zero-order chi connectivity index (χ0) is 22.1. The zero-order valence-corrected chi connectivity index (χ0v) is 19.1. The van der Waals surface area contributed by atoms with Crippen molar-refractivity contribution in [1.82, 2.24) is 15.2 Å². The third kappa shape index (κ3) is 5.26. The van der Waals surface area contributed by atoms with Crippen LogP contribution in [0.25, 0.3) is 10.4 Å². The molecule has 1 aliphatic rings. The van der Waals surface area contributed by atoms with Gasteiger partial charge in [0.2, 0.25) is 11.8 Å². The van der Waals surface area contributed by atoms with E-state index in [1.54, 1.807) is 11.3 Å². The summed E-state index contributed by atoms with van der Waals surface area (Å²) in [5, 5.41) is 13.1. The molecular weight excluding hydrogens is 398 g/mol. The van der Waals surface area contributed by atoms with Gasteiger partial charge in [0, 0.05) is 19.4 Å². The van der Waals surface area contributed by atoms with Crippen molar-refractivity contribution in [2.45, 2.75) is 65.6 Å². The molecule has 1 saturated heterocycles. The van der Waals surface area contributed by atoms with Gasteiger partial charge in [0.1, 0.15) is 6.04 Å². The van der Waals surface area contributed by atoms with Crippen molar-refractivity contribution < 1.29 is 14.7 Å². The minimum atomic E-state index is -0.665. The van der Waals surface area contributed by atoms with Crippen LogP contribution < -0.4 is 5.32 Å². The van der Waals surface area contributed by atoms with E-state index in [2.05, 4.69) is 10.3 Å². The first-order chi connectivity index (χ1) is 14.0. The van der Waals surface area contributed by atoms with Gasteiger partial charge in [-0.3, -0.25) is 9.59 Å². The van der Waals surface area contributed by atoms with Crippen LogP contribution in [0.4, 0.5) is 0 Å². The molecule has 1 aliphatic heterocycles. The van der Waals surface area contributed by atoms with Gasteiger partial charge in [-0.2, -0.15) is 0 Å². The molecule has 1 aromatic carbocycles. The quantitative estimate of drug-likeness (QED) is 0.759. The molecule has 0 saturated carbocycles. The molecule has 0 spiro atoms. The molecule has 162 valence electrons. The predicted molar refractivity (Wildman–Crippen MR) is 119 cm³/mol. The highest BCUT2D eigenvalue weighted by atomic mass is 32.1. The van der Waals surface area contributed by atoms with Gasteiger partial charge in [0.15, 0.2) is 0 Å². The predicted octanol–water partition coefficient (Wildman–Crippen LogP) is 3.69. The molecule has 1 fully saturated rings. The number of amides is 2. The van der Waals surface area contributed by atoms with Crippen molar-refractivity contribution in [2.75, 3.05) is 6.54 Å². The monoisotopic (exact) mass is 429 g/mol. The van der Waals surface area contributed by atoms with Crippen LogP contribution in [0, 0.1) is 12.3 Å². The van der Waals surface area contributed by atoms with Crippen molar-refractivity contribution >= 4 is 23.2 Å². The summed E-state index contributed by atoms with van der Waals surface area (Å²) in [7, 11) is 0. The number of carbonyl (C=O) groups is 2. The first-order valence-corrected chi connectivity index (χ1v) is 11.2. The molecule has 0 aliphatic carbocycles. The van der Waals surface area contributed by atoms with E-state index < -0.39 is 12.1 Å². The number of rotatable bonds is 5. The number of hydrogen-bond donors (Lipinski definition) is 2. The number of hydrogen-bond acceptors (Lipinski definition) is 5. The van der Waals surface area contributed by atoms with Crippen molar-refractivity contribution in [3.63, 3.8) is 0 Å². The van der Waals surface area contributed by atoms with Crippen LogP contribution >= 0.6 is 11.3 Å². The van der Waals surface area contributed by atoms with Crippen molar-refractivity contribution in [3.05, 3.63) is 41.0 Å². The second-order valence-corrected chi connectivity index (χ2v) is 10.2. The number of nitrogens with zero attached hydrogens (tertiary/aromatic N) is 2. The Morgan fingerprint density at radius 3 is 2.53 bits per heavy atom. The van der Waals surface area contributed by atoms with Crippen LogP contribution in [0.15, 0.2) is 29.8 Å². The fourth-order valence-electron chi connectivity index (χ4n) is 3.79. The second kappa shape index (κ2) is 8.86. The summed E-state index contributed by atoms with van der Waals surface area (Å²) in [4.78, 5) is 32.6. The first-order valence-electron chi connectivity index (χ1n) is 10.3. The second-order valence-electron chi connectivity index (χ2n) is 9.31. The SMILES string of the molecule is Cc1ncsc1-c1ccc([C@H](C)NC(=O)[C@@H]2C[C@@H](O)CN2C(=O)CC(C)(C)C)cc1. The smallest absolute Gasteiger partial charge is 0.243 e. The van der Waals surface area contributed by atoms with Gasteiger partial charge in [-0.05, 0) is 30.4 Å². The minimum Gasteiger partial charge on any atom is -0.391 e. The van der Waals surface area contributed by atoms with E-state index >= 15 is 0 Å². The van der Waals surface area contributed by atoms with E-state index in [1.807, 2.05) is 64.4 Å². The standard InChI is InChI=1S/C23H31N3O3S/c1-14(16-6-8-17(9-7-16)21-15(2)24-13-30-21)25-22(29)19-10-18(27)12-26(19)20(28)11-23(3,4)5/h6-9,13-14,18-19,27H,10-12H2,1-5H3,(H,25,29)/t14-,18+,19-/m0/s1. The van der Waals surface area contributed by atoms with Crippen molar-refractivity contribution in [3.8, 4) is 10.4 Å². The average molecular weight is 430 g/mol. The van der Waals surface area contributed by atoms with Crippen LogP contribution in [0.3, 0.4) is 0 Å². The summed E-state index contributed by atoms with van der Waals surface area (Å²) < 4.78 is 0. The lowest BCUT2D eigenvalue weighted by atomic mass is 9.91. The summed E-state index contributed by atoms with van der Waals surface area (Å²) in [6.45, 7) is 10.1. The zero-order valence-electron chi connectivity index (χ0n) is 18.3. The number of carbonyl (C=O) groups excluding carboxylic acids is 2. The van der Waals surface area contributed by atoms with Gasteiger partial charge in [0.05, 0.1) is 28.2 Å². The Morgan fingerprint density at radius 1 is 1.30 bits per heavy atom. The molecule has 30 heavy (non-hydrogen) atoms. The highest BCUT2D eigenvalue weighted by Gasteiger charge is 2.39. The number of benzene rings is 1. The Morgan fingerprint density at radius 2 is 1.97 bits per heavy atom. The molecule has 0 unspecified atom stereocenters. The highest BCUT2D eigenvalue weighted by Crippen LogP contribution is 2.29. The van der Waals surface area contributed by atoms with Crippen LogP contribution in [0.2, 0.25) is 0 Å². The summed E-state index contributed by atoms with van der Waals surface area (Å²) in [6.07, 6.45) is -0.0443. The van der Waals surface area contributed by atoms with Gasteiger partial charge in [-0.1, -0.05) is 45.0 Å². The van der Waals surface area contributed by atoms with Crippen molar-refractivity contribution in [1.29, 1.82) is 0 Å². The molecule has 2 N–H and O–H groups in total. The molecular formula is C23H31N3O3S. The van der Waals surface area contributed by atoms with E-state index in [9.17, 15) is 14.7 Å². The molecule has 2 heterocycles. The average Bonchev–Trinajstić information content (AvgIpc) is 3.26. The summed E-state index contributed by atoms with van der Waals surface area (Å²) in [6, 6.07) is 7.26. The third-order valence-corrected chi connectivity index (χ3v) is 6.34. The minimum absolute atomic E-state index is 0.0869. The van der Waals surface area contributed by atoms with E-state index in [4.69, 9.17) is 0 Å². The van der Waals surface area contributed by atoms with Crippen LogP contribution in [0.5, 0.6) is 0 Å². The van der Waals surface area contributed by atoms with Crippen LogP contribution in [0.1, 0.15) is 57.8 Å². The Bertz CT molecular complexity index is 901. The van der Waals surface area contributed by atoms with E-state index in [-0.39, 0.29) is 36.2 Å². The fraction of sp³-hybridized carbons (Fsp3) is 0.522. The van der Waals surface area contributed by atoms with E-state index in [1.165, 1.54) is 4.90 Å². The number of β-amino-alcohol motifs (C(OH)–C–C–N with tert-alkyl or cyclic N) is 1. The lowest BCUT2D eigenvalue weighted by Crippen LogP contribution is -2.47. The third-order valence-electron chi connectivity index (χ3n) is 5.36. The fourth-order valence-corrected chi connectivity index (χ4v) is 4.60. The Balaban J connectivity index is 1.66. The maximum absolute atomic E-state index is 12.9. The summed E-state index contributed by atoms with van der Waals surface area (Å²) in [5.41, 5.74) is 4.77. The van der Waals surface area contributed by atoms with Gasteiger partial charge in [-0.15, -0.1) is 11.3 Å². The summed E-state index contributed by atoms with van der Waals surface area (Å²) in [5.74, 6) is -0.306. The first kappa shape index (κ1) is 22.4. The Labute approximate surface area is 182 Å². The number of likely N-dealkylation sites (tertiary alicyclic amines) is 1.